The van der Waals surface area contributed by atoms with Gasteiger partial charge in [0.1, 0.15) is 11.9 Å². The van der Waals surface area contributed by atoms with Crippen LogP contribution < -0.4 is 5.32 Å². The Balaban J connectivity index is 2.72. The molecular formula is C12H17N3S. The molecule has 0 saturated heterocycles. The van der Waals surface area contributed by atoms with Crippen LogP contribution in [0.5, 0.6) is 0 Å². The van der Waals surface area contributed by atoms with Crippen LogP contribution in [0.15, 0.2) is 12.1 Å². The third kappa shape index (κ3) is 3.74. The summed E-state index contributed by atoms with van der Waals surface area (Å²) in [6.07, 6.45) is 3.17. The van der Waals surface area contributed by atoms with Gasteiger partial charge in [0.05, 0.1) is 5.56 Å². The number of pyridine rings is 1. The van der Waals surface area contributed by atoms with Crippen molar-refractivity contribution in [2.45, 2.75) is 26.3 Å². The van der Waals surface area contributed by atoms with Crippen LogP contribution in [0, 0.1) is 18.3 Å². The fourth-order valence-corrected chi connectivity index (χ4v) is 1.95. The van der Waals surface area contributed by atoms with Crippen LogP contribution in [0.25, 0.3) is 0 Å². The van der Waals surface area contributed by atoms with Gasteiger partial charge >= 0.3 is 0 Å². The maximum absolute atomic E-state index is 8.96. The highest BCUT2D eigenvalue weighted by molar-refractivity contribution is 7.98. The number of hydrogen-bond donors (Lipinski definition) is 1. The standard InChI is InChI=1S/C12H17N3S/c1-9-4-5-11(8-13)12(14-9)15-10(2)6-7-16-3/h4-5,10H,6-7H2,1-3H3,(H,14,15). The van der Waals surface area contributed by atoms with Gasteiger partial charge in [-0.25, -0.2) is 4.98 Å². The SMILES string of the molecule is CSCCC(C)Nc1nc(C)ccc1C#N. The van der Waals surface area contributed by atoms with E-state index in [0.717, 1.165) is 17.9 Å². The molecule has 86 valence electrons. The number of hydrogen-bond acceptors (Lipinski definition) is 4. The Labute approximate surface area is 101 Å². The first-order valence-corrected chi connectivity index (χ1v) is 6.70. The molecule has 0 bridgehead atoms. The molecule has 3 nitrogen and oxygen atoms in total. The van der Waals surface area contributed by atoms with Crippen LogP contribution >= 0.6 is 11.8 Å². The van der Waals surface area contributed by atoms with Crippen molar-refractivity contribution < 1.29 is 0 Å². The number of rotatable bonds is 5. The zero-order chi connectivity index (χ0) is 12.0. The van der Waals surface area contributed by atoms with Gasteiger partial charge in [0.2, 0.25) is 0 Å². The van der Waals surface area contributed by atoms with Gasteiger partial charge < -0.3 is 5.32 Å². The van der Waals surface area contributed by atoms with E-state index in [4.69, 9.17) is 5.26 Å². The van der Waals surface area contributed by atoms with Gasteiger partial charge in [-0.15, -0.1) is 0 Å². The highest BCUT2D eigenvalue weighted by Gasteiger charge is 2.07. The van der Waals surface area contributed by atoms with E-state index in [1.54, 1.807) is 0 Å². The smallest absolute Gasteiger partial charge is 0.144 e. The molecular weight excluding hydrogens is 218 g/mol. The van der Waals surface area contributed by atoms with Crippen LogP contribution in [-0.4, -0.2) is 23.0 Å². The Kier molecular flexibility index (Phi) is 5.13. The number of aromatic nitrogens is 1. The van der Waals surface area contributed by atoms with Crippen molar-refractivity contribution in [1.82, 2.24) is 4.98 Å². The molecule has 0 fully saturated rings. The third-order valence-corrected chi connectivity index (χ3v) is 2.94. The molecule has 0 spiro atoms. The molecule has 4 heteroatoms. The molecule has 0 aliphatic rings. The molecule has 0 saturated carbocycles. The number of aryl methyl sites for hydroxylation is 1. The average molecular weight is 235 g/mol. The summed E-state index contributed by atoms with van der Waals surface area (Å²) in [5, 5.41) is 12.3. The lowest BCUT2D eigenvalue weighted by atomic mass is 10.2. The maximum Gasteiger partial charge on any atom is 0.144 e. The Morgan fingerprint density at radius 1 is 1.56 bits per heavy atom. The van der Waals surface area contributed by atoms with E-state index >= 15 is 0 Å². The molecule has 0 amide bonds. The van der Waals surface area contributed by atoms with Gasteiger partial charge in [0.15, 0.2) is 0 Å². The van der Waals surface area contributed by atoms with Crippen molar-refractivity contribution in [3.05, 3.63) is 23.4 Å². The van der Waals surface area contributed by atoms with E-state index in [9.17, 15) is 0 Å². The molecule has 0 aliphatic heterocycles. The highest BCUT2D eigenvalue weighted by Crippen LogP contribution is 2.14. The van der Waals surface area contributed by atoms with E-state index in [0.29, 0.717) is 17.4 Å². The predicted octanol–water partition coefficient (Wildman–Crippen LogP) is 2.82. The predicted molar refractivity (Wildman–Crippen MR) is 69.8 cm³/mol. The Morgan fingerprint density at radius 3 is 2.94 bits per heavy atom. The second-order valence-electron chi connectivity index (χ2n) is 3.79. The summed E-state index contributed by atoms with van der Waals surface area (Å²) in [6, 6.07) is 6.16. The maximum atomic E-state index is 8.96. The quantitative estimate of drug-likeness (QED) is 0.852. The van der Waals surface area contributed by atoms with Crippen molar-refractivity contribution >= 4 is 17.6 Å². The number of anilines is 1. The first kappa shape index (κ1) is 12.9. The Hall–Kier alpha value is -1.21. The van der Waals surface area contributed by atoms with E-state index in [1.807, 2.05) is 30.8 Å². The van der Waals surface area contributed by atoms with Gasteiger partial charge in [-0.2, -0.15) is 17.0 Å². The van der Waals surface area contributed by atoms with Crippen molar-refractivity contribution in [2.24, 2.45) is 0 Å². The minimum atomic E-state index is 0.342. The third-order valence-electron chi connectivity index (χ3n) is 2.29. The monoisotopic (exact) mass is 235 g/mol. The summed E-state index contributed by atoms with van der Waals surface area (Å²) < 4.78 is 0. The summed E-state index contributed by atoms with van der Waals surface area (Å²) in [4.78, 5) is 4.35. The second-order valence-corrected chi connectivity index (χ2v) is 4.77. The number of nitrogens with one attached hydrogen (secondary N) is 1. The molecule has 1 N–H and O–H groups in total. The second kappa shape index (κ2) is 6.39. The minimum absolute atomic E-state index is 0.342. The molecule has 0 radical (unpaired) electrons. The van der Waals surface area contributed by atoms with E-state index < -0.39 is 0 Å². The zero-order valence-electron chi connectivity index (χ0n) is 9.95. The molecule has 1 rings (SSSR count). The molecule has 0 aliphatic carbocycles. The van der Waals surface area contributed by atoms with Crippen LogP contribution in [0.2, 0.25) is 0 Å². The first-order valence-electron chi connectivity index (χ1n) is 5.30. The lowest BCUT2D eigenvalue weighted by Crippen LogP contribution is -2.17. The van der Waals surface area contributed by atoms with Gasteiger partial charge in [0, 0.05) is 11.7 Å². The number of thioether (sulfide) groups is 1. The fourth-order valence-electron chi connectivity index (χ4n) is 1.36. The van der Waals surface area contributed by atoms with Crippen molar-refractivity contribution in [2.75, 3.05) is 17.3 Å². The number of nitriles is 1. The van der Waals surface area contributed by atoms with Gasteiger partial charge in [-0.05, 0) is 44.4 Å². The molecule has 1 aromatic heterocycles. The first-order chi connectivity index (χ1) is 7.67. The van der Waals surface area contributed by atoms with E-state index in [2.05, 4.69) is 29.5 Å². The van der Waals surface area contributed by atoms with Gasteiger partial charge in [-0.1, -0.05) is 0 Å². The van der Waals surface area contributed by atoms with E-state index in [-0.39, 0.29) is 0 Å². The average Bonchev–Trinajstić information content (AvgIpc) is 2.27. The summed E-state index contributed by atoms with van der Waals surface area (Å²) >= 11 is 1.83. The lowest BCUT2D eigenvalue weighted by molar-refractivity contribution is 0.765. The normalized spacial score (nSPS) is 11.9. The molecule has 0 aromatic carbocycles. The number of nitrogens with zero attached hydrogens (tertiary/aromatic N) is 2. The topological polar surface area (TPSA) is 48.7 Å². The fraction of sp³-hybridized carbons (Fsp3) is 0.500. The van der Waals surface area contributed by atoms with Crippen LogP contribution in [0.4, 0.5) is 5.82 Å². The van der Waals surface area contributed by atoms with Crippen LogP contribution in [0.1, 0.15) is 24.6 Å². The molecule has 1 unspecified atom stereocenters. The summed E-state index contributed by atoms with van der Waals surface area (Å²) in [6.45, 7) is 4.04. The molecule has 16 heavy (non-hydrogen) atoms. The molecule has 1 heterocycles. The Morgan fingerprint density at radius 2 is 2.31 bits per heavy atom. The minimum Gasteiger partial charge on any atom is -0.366 e. The Bertz CT molecular complexity index is 384. The summed E-state index contributed by atoms with van der Waals surface area (Å²) in [5.74, 6) is 1.82. The molecule has 1 aromatic rings. The zero-order valence-corrected chi connectivity index (χ0v) is 10.8. The summed E-state index contributed by atoms with van der Waals surface area (Å²) in [5.41, 5.74) is 1.54. The van der Waals surface area contributed by atoms with Crippen LogP contribution in [-0.2, 0) is 0 Å². The van der Waals surface area contributed by atoms with Crippen molar-refractivity contribution in [3.8, 4) is 6.07 Å². The van der Waals surface area contributed by atoms with Crippen LogP contribution in [0.3, 0.4) is 0 Å². The van der Waals surface area contributed by atoms with Gasteiger partial charge in [-0.3, -0.25) is 0 Å². The van der Waals surface area contributed by atoms with E-state index in [1.165, 1.54) is 0 Å². The highest BCUT2D eigenvalue weighted by atomic mass is 32.2. The van der Waals surface area contributed by atoms with Crippen molar-refractivity contribution in [3.63, 3.8) is 0 Å². The van der Waals surface area contributed by atoms with Gasteiger partial charge in [0.25, 0.3) is 0 Å². The van der Waals surface area contributed by atoms with Crippen molar-refractivity contribution in [1.29, 1.82) is 5.26 Å². The molecule has 1 atom stereocenters. The lowest BCUT2D eigenvalue weighted by Gasteiger charge is -2.15. The summed E-state index contributed by atoms with van der Waals surface area (Å²) in [7, 11) is 0. The largest absolute Gasteiger partial charge is 0.366 e.